The minimum atomic E-state index is 0.568. The van der Waals surface area contributed by atoms with Crippen molar-refractivity contribution in [1.29, 1.82) is 0 Å². The third-order valence-electron chi connectivity index (χ3n) is 6.91. The van der Waals surface area contributed by atoms with Crippen molar-refractivity contribution in [3.63, 3.8) is 0 Å². The van der Waals surface area contributed by atoms with Gasteiger partial charge in [0.15, 0.2) is 0 Å². The van der Waals surface area contributed by atoms with E-state index in [0.29, 0.717) is 5.92 Å². The van der Waals surface area contributed by atoms with Crippen molar-refractivity contribution in [2.24, 2.45) is 5.92 Å². The van der Waals surface area contributed by atoms with Crippen LogP contribution in [0.2, 0.25) is 0 Å². The topological polar surface area (TPSA) is 0 Å². The van der Waals surface area contributed by atoms with Gasteiger partial charge in [0.2, 0.25) is 0 Å². The van der Waals surface area contributed by atoms with E-state index < -0.39 is 0 Å². The maximum Gasteiger partial charge on any atom is 0.0245 e. The largest absolute Gasteiger partial charge is 0.0945 e. The SMILES string of the molecule is CCCCCCCCc1ccc(C#C[C@H]2CC[C@H](c3ccc(CCC)cc3)CC2)cc1. The molecule has 0 saturated heterocycles. The van der Waals surface area contributed by atoms with Crippen molar-refractivity contribution in [2.45, 2.75) is 103 Å². The van der Waals surface area contributed by atoms with E-state index in [1.807, 2.05) is 0 Å². The highest BCUT2D eigenvalue weighted by Crippen LogP contribution is 2.35. The number of benzene rings is 2. The molecule has 3 rings (SSSR count). The monoisotopic (exact) mass is 414 g/mol. The van der Waals surface area contributed by atoms with Crippen LogP contribution in [0.1, 0.15) is 113 Å². The molecule has 0 aliphatic heterocycles. The summed E-state index contributed by atoms with van der Waals surface area (Å²) in [5.74, 6) is 8.33. The second kappa shape index (κ2) is 13.4. The van der Waals surface area contributed by atoms with Crippen molar-refractivity contribution in [2.75, 3.05) is 0 Å². The normalized spacial score (nSPS) is 18.4. The van der Waals surface area contributed by atoms with E-state index in [1.165, 1.54) is 106 Å². The van der Waals surface area contributed by atoms with Gasteiger partial charge in [-0.15, -0.1) is 0 Å². The Morgan fingerprint density at radius 2 is 1.26 bits per heavy atom. The van der Waals surface area contributed by atoms with E-state index in [9.17, 15) is 0 Å². The summed E-state index contributed by atoms with van der Waals surface area (Å²) in [6, 6.07) is 18.4. The van der Waals surface area contributed by atoms with Crippen LogP contribution >= 0.6 is 0 Å². The summed E-state index contributed by atoms with van der Waals surface area (Å²) in [6.07, 6.45) is 16.9. The molecule has 1 aliphatic rings. The molecule has 0 amide bonds. The van der Waals surface area contributed by atoms with E-state index in [4.69, 9.17) is 0 Å². The van der Waals surface area contributed by atoms with Gasteiger partial charge < -0.3 is 0 Å². The van der Waals surface area contributed by atoms with Gasteiger partial charge in [0.25, 0.3) is 0 Å². The zero-order valence-electron chi connectivity index (χ0n) is 20.0. The van der Waals surface area contributed by atoms with Crippen LogP contribution in [0, 0.1) is 17.8 Å². The zero-order chi connectivity index (χ0) is 21.7. The van der Waals surface area contributed by atoms with E-state index in [0.717, 1.165) is 5.92 Å². The predicted octanol–water partition coefficient (Wildman–Crippen LogP) is 8.87. The first-order valence-corrected chi connectivity index (χ1v) is 13.0. The van der Waals surface area contributed by atoms with Gasteiger partial charge in [0.1, 0.15) is 0 Å². The fourth-order valence-electron chi connectivity index (χ4n) is 4.87. The minimum Gasteiger partial charge on any atom is -0.0945 e. The lowest BCUT2D eigenvalue weighted by Gasteiger charge is -2.26. The van der Waals surface area contributed by atoms with Crippen LogP contribution in [-0.2, 0) is 12.8 Å². The summed E-state index contributed by atoms with van der Waals surface area (Å²) < 4.78 is 0. The smallest absolute Gasteiger partial charge is 0.0245 e. The molecular weight excluding hydrogens is 372 g/mol. The second-order valence-corrected chi connectivity index (χ2v) is 9.52. The van der Waals surface area contributed by atoms with Crippen LogP contribution in [0.3, 0.4) is 0 Å². The lowest BCUT2D eigenvalue weighted by molar-refractivity contribution is 0.384. The van der Waals surface area contributed by atoms with Crippen molar-refractivity contribution < 1.29 is 0 Å². The molecule has 0 unspecified atom stereocenters. The Morgan fingerprint density at radius 1 is 0.645 bits per heavy atom. The van der Waals surface area contributed by atoms with E-state index in [-0.39, 0.29) is 0 Å². The second-order valence-electron chi connectivity index (χ2n) is 9.52. The molecule has 0 nitrogen and oxygen atoms in total. The fourth-order valence-corrected chi connectivity index (χ4v) is 4.87. The van der Waals surface area contributed by atoms with Crippen LogP contribution < -0.4 is 0 Å². The summed E-state index contributed by atoms with van der Waals surface area (Å²) in [5, 5.41) is 0. The molecule has 0 radical (unpaired) electrons. The number of hydrogen-bond acceptors (Lipinski definition) is 0. The number of rotatable bonds is 10. The fraction of sp³-hybridized carbons (Fsp3) is 0.548. The molecule has 2 aromatic carbocycles. The van der Waals surface area contributed by atoms with Gasteiger partial charge >= 0.3 is 0 Å². The maximum absolute atomic E-state index is 3.58. The van der Waals surface area contributed by atoms with Crippen LogP contribution in [0.5, 0.6) is 0 Å². The number of aryl methyl sites for hydroxylation is 2. The average molecular weight is 415 g/mol. The molecule has 0 atom stereocenters. The summed E-state index contributed by atoms with van der Waals surface area (Å²) in [7, 11) is 0. The summed E-state index contributed by atoms with van der Waals surface area (Å²) in [4.78, 5) is 0. The highest BCUT2D eigenvalue weighted by molar-refractivity contribution is 5.37. The Kier molecular flexibility index (Phi) is 10.2. The standard InChI is InChI=1S/C31H42/c1-3-5-6-7-8-9-11-27-12-14-28(15-13-27)16-17-29-20-24-31(25-21-29)30-22-18-26(10-4-2)19-23-30/h12-15,18-19,22-23,29,31H,3-11,20-21,24-25H2,1-2H3/t29-,31-. The third kappa shape index (κ3) is 8.22. The van der Waals surface area contributed by atoms with Crippen molar-refractivity contribution >= 4 is 0 Å². The molecule has 0 spiro atoms. The average Bonchev–Trinajstić information content (AvgIpc) is 2.82. The molecule has 166 valence electrons. The molecule has 0 heteroatoms. The zero-order valence-corrected chi connectivity index (χ0v) is 20.0. The summed E-state index contributed by atoms with van der Waals surface area (Å²) >= 11 is 0. The molecule has 1 fully saturated rings. The number of hydrogen-bond donors (Lipinski definition) is 0. The molecule has 2 aromatic rings. The van der Waals surface area contributed by atoms with Crippen molar-refractivity contribution in [3.8, 4) is 11.8 Å². The molecular formula is C31H42. The minimum absolute atomic E-state index is 0.568. The van der Waals surface area contributed by atoms with Crippen LogP contribution in [0.15, 0.2) is 48.5 Å². The molecule has 0 aromatic heterocycles. The predicted molar refractivity (Wildman–Crippen MR) is 136 cm³/mol. The van der Waals surface area contributed by atoms with Crippen LogP contribution in [-0.4, -0.2) is 0 Å². The molecule has 1 aliphatic carbocycles. The molecule has 1 saturated carbocycles. The van der Waals surface area contributed by atoms with Gasteiger partial charge in [-0.1, -0.05) is 101 Å². The van der Waals surface area contributed by atoms with Gasteiger partial charge in [0, 0.05) is 11.5 Å². The number of unbranched alkanes of at least 4 members (excludes halogenated alkanes) is 5. The van der Waals surface area contributed by atoms with E-state index in [2.05, 4.69) is 74.2 Å². The van der Waals surface area contributed by atoms with Crippen molar-refractivity contribution in [3.05, 3.63) is 70.8 Å². The highest BCUT2D eigenvalue weighted by Gasteiger charge is 2.21. The van der Waals surface area contributed by atoms with Gasteiger partial charge in [-0.2, -0.15) is 0 Å². The molecule has 0 N–H and O–H groups in total. The maximum atomic E-state index is 3.58. The molecule has 31 heavy (non-hydrogen) atoms. The van der Waals surface area contributed by atoms with Gasteiger partial charge in [-0.25, -0.2) is 0 Å². The van der Waals surface area contributed by atoms with Crippen molar-refractivity contribution in [1.82, 2.24) is 0 Å². The Bertz CT molecular complexity index is 792. The van der Waals surface area contributed by atoms with E-state index >= 15 is 0 Å². The molecule has 0 heterocycles. The summed E-state index contributed by atoms with van der Waals surface area (Å²) in [5.41, 5.74) is 5.66. The molecule has 0 bridgehead atoms. The van der Waals surface area contributed by atoms with Gasteiger partial charge in [0.05, 0.1) is 0 Å². The Hall–Kier alpha value is -2.00. The van der Waals surface area contributed by atoms with Gasteiger partial charge in [-0.3, -0.25) is 0 Å². The van der Waals surface area contributed by atoms with Crippen LogP contribution in [0.25, 0.3) is 0 Å². The lowest BCUT2D eigenvalue weighted by atomic mass is 9.78. The lowest BCUT2D eigenvalue weighted by Crippen LogP contribution is -2.12. The van der Waals surface area contributed by atoms with Gasteiger partial charge in [-0.05, 0) is 79.7 Å². The summed E-state index contributed by atoms with van der Waals surface area (Å²) in [6.45, 7) is 4.53. The quantitative estimate of drug-likeness (QED) is 0.269. The third-order valence-corrected chi connectivity index (χ3v) is 6.91. The Labute approximate surface area is 191 Å². The van der Waals surface area contributed by atoms with E-state index in [1.54, 1.807) is 0 Å². The first kappa shape index (κ1) is 23.7. The first-order valence-electron chi connectivity index (χ1n) is 13.0. The van der Waals surface area contributed by atoms with Crippen LogP contribution in [0.4, 0.5) is 0 Å². The first-order chi connectivity index (χ1) is 15.3. The highest BCUT2D eigenvalue weighted by atomic mass is 14.2. The Balaban J connectivity index is 1.40. The Morgan fingerprint density at radius 3 is 1.94 bits per heavy atom.